The maximum Gasteiger partial charge on any atom is 0.287 e. The van der Waals surface area contributed by atoms with Crippen LogP contribution in [0, 0.1) is 0 Å². The number of para-hydroxylation sites is 1. The monoisotopic (exact) mass is 409 g/mol. The Balaban J connectivity index is 1.40. The first-order valence-electron chi connectivity index (χ1n) is 9.49. The van der Waals surface area contributed by atoms with E-state index in [9.17, 15) is 13.6 Å². The minimum atomic E-state index is -3.08. The number of fused-ring (bicyclic) bond motifs is 2. The van der Waals surface area contributed by atoms with Crippen LogP contribution < -0.4 is 4.74 Å². The fraction of sp³-hybridized carbons (Fsp3) is 0.238. The standard InChI is InChI=1S/C21H17F2N5O2/c22-21(23)8-10-28(20(29)19-14-11-25-27-16(14)7-9-24-19)12-17(21)30-18-6-5-13-3-1-2-4-15(13)26-18/h1-7,9,11,17H,8,10,12H2,(H,25,27). The third kappa shape index (κ3) is 3.22. The van der Waals surface area contributed by atoms with Gasteiger partial charge in [-0.3, -0.25) is 14.9 Å². The van der Waals surface area contributed by atoms with Gasteiger partial charge in [0.2, 0.25) is 5.88 Å². The third-order valence-electron chi connectivity index (χ3n) is 5.27. The summed E-state index contributed by atoms with van der Waals surface area (Å²) in [7, 11) is 0. The molecule has 1 fully saturated rings. The first-order valence-corrected chi connectivity index (χ1v) is 9.49. The van der Waals surface area contributed by atoms with Crippen LogP contribution in [0.2, 0.25) is 0 Å². The number of halogens is 2. The number of hydrogen-bond acceptors (Lipinski definition) is 5. The Morgan fingerprint density at radius 3 is 2.97 bits per heavy atom. The summed E-state index contributed by atoms with van der Waals surface area (Å²) in [5.41, 5.74) is 1.48. The number of likely N-dealkylation sites (tertiary alicyclic amines) is 1. The second-order valence-electron chi connectivity index (χ2n) is 7.20. The van der Waals surface area contributed by atoms with Gasteiger partial charge in [0, 0.05) is 30.6 Å². The third-order valence-corrected chi connectivity index (χ3v) is 5.27. The fourth-order valence-electron chi connectivity index (χ4n) is 3.62. The second-order valence-corrected chi connectivity index (χ2v) is 7.20. The summed E-state index contributed by atoms with van der Waals surface area (Å²) in [5, 5.41) is 8.13. The van der Waals surface area contributed by atoms with Gasteiger partial charge in [-0.1, -0.05) is 18.2 Å². The topological polar surface area (TPSA) is 84.0 Å². The molecule has 0 bridgehead atoms. The molecule has 0 saturated carbocycles. The van der Waals surface area contributed by atoms with Crippen molar-refractivity contribution < 1.29 is 18.3 Å². The largest absolute Gasteiger partial charge is 0.466 e. The average molecular weight is 409 g/mol. The van der Waals surface area contributed by atoms with Crippen molar-refractivity contribution in [1.82, 2.24) is 25.1 Å². The minimum absolute atomic E-state index is 0.0905. The molecular formula is C21H17F2N5O2. The van der Waals surface area contributed by atoms with E-state index in [4.69, 9.17) is 4.74 Å². The maximum absolute atomic E-state index is 14.6. The van der Waals surface area contributed by atoms with Crippen molar-refractivity contribution in [2.75, 3.05) is 13.1 Å². The van der Waals surface area contributed by atoms with Crippen LogP contribution in [0.25, 0.3) is 21.8 Å². The Kier molecular flexibility index (Phi) is 4.30. The molecule has 0 spiro atoms. The number of pyridine rings is 2. The second kappa shape index (κ2) is 7.01. The molecule has 1 N–H and O–H groups in total. The fourth-order valence-corrected chi connectivity index (χ4v) is 3.62. The van der Waals surface area contributed by atoms with E-state index in [1.165, 1.54) is 17.3 Å². The molecule has 1 aromatic carbocycles. The van der Waals surface area contributed by atoms with Gasteiger partial charge in [-0.15, -0.1) is 0 Å². The quantitative estimate of drug-likeness (QED) is 0.560. The van der Waals surface area contributed by atoms with Crippen LogP contribution in [0.15, 0.2) is 54.9 Å². The number of amides is 1. The van der Waals surface area contributed by atoms with Crippen LogP contribution in [0.3, 0.4) is 0 Å². The number of H-pyrrole nitrogens is 1. The van der Waals surface area contributed by atoms with Crippen LogP contribution in [0.5, 0.6) is 5.88 Å². The van der Waals surface area contributed by atoms with Crippen LogP contribution in [-0.2, 0) is 0 Å². The van der Waals surface area contributed by atoms with Crippen LogP contribution in [-0.4, -0.2) is 56.1 Å². The molecule has 3 aromatic heterocycles. The van der Waals surface area contributed by atoms with Crippen LogP contribution in [0.4, 0.5) is 8.78 Å². The predicted octanol–water partition coefficient (Wildman–Crippen LogP) is 3.43. The molecule has 1 amide bonds. The summed E-state index contributed by atoms with van der Waals surface area (Å²) >= 11 is 0. The van der Waals surface area contributed by atoms with E-state index in [1.807, 2.05) is 18.2 Å². The number of carbonyl (C=O) groups is 1. The molecule has 152 valence electrons. The zero-order valence-corrected chi connectivity index (χ0v) is 15.8. The average Bonchev–Trinajstić information content (AvgIpc) is 3.23. The highest BCUT2D eigenvalue weighted by Gasteiger charge is 2.47. The zero-order chi connectivity index (χ0) is 20.7. The van der Waals surface area contributed by atoms with Gasteiger partial charge in [-0.2, -0.15) is 5.10 Å². The van der Waals surface area contributed by atoms with Gasteiger partial charge in [-0.05, 0) is 18.2 Å². The Labute approximate surface area is 169 Å². The minimum Gasteiger partial charge on any atom is -0.466 e. The van der Waals surface area contributed by atoms with Crippen molar-refractivity contribution in [3.63, 3.8) is 0 Å². The highest BCUT2D eigenvalue weighted by molar-refractivity contribution is 6.04. The Hall–Kier alpha value is -3.62. The maximum atomic E-state index is 14.6. The molecule has 4 heterocycles. The lowest BCUT2D eigenvalue weighted by atomic mass is 10.0. The summed E-state index contributed by atoms with van der Waals surface area (Å²) in [6, 6.07) is 12.4. The van der Waals surface area contributed by atoms with Gasteiger partial charge in [0.15, 0.2) is 6.10 Å². The van der Waals surface area contributed by atoms with Gasteiger partial charge in [0.25, 0.3) is 11.8 Å². The number of ether oxygens (including phenoxy) is 1. The SMILES string of the molecule is O=C(c1nccc2[nH]ncc12)N1CCC(F)(F)C(Oc2ccc3ccccc3n2)C1. The van der Waals surface area contributed by atoms with Gasteiger partial charge in [0.05, 0.1) is 29.2 Å². The summed E-state index contributed by atoms with van der Waals surface area (Å²) in [4.78, 5) is 22.8. The van der Waals surface area contributed by atoms with E-state index >= 15 is 0 Å². The summed E-state index contributed by atoms with van der Waals surface area (Å²) < 4.78 is 34.8. The Bertz CT molecular complexity index is 1240. The number of piperidine rings is 1. The van der Waals surface area contributed by atoms with Crippen molar-refractivity contribution in [1.29, 1.82) is 0 Å². The van der Waals surface area contributed by atoms with Crippen molar-refractivity contribution in [3.05, 3.63) is 60.6 Å². The lowest BCUT2D eigenvalue weighted by Gasteiger charge is -2.37. The summed E-state index contributed by atoms with van der Waals surface area (Å²) in [6.45, 7) is -0.358. The van der Waals surface area contributed by atoms with E-state index in [1.54, 1.807) is 24.3 Å². The first kappa shape index (κ1) is 18.4. The number of rotatable bonds is 3. The Morgan fingerprint density at radius 1 is 1.20 bits per heavy atom. The molecule has 0 aliphatic carbocycles. The first-order chi connectivity index (χ1) is 14.5. The molecule has 1 saturated heterocycles. The van der Waals surface area contributed by atoms with Crippen molar-refractivity contribution in [3.8, 4) is 5.88 Å². The molecule has 1 unspecified atom stereocenters. The molecule has 30 heavy (non-hydrogen) atoms. The highest BCUT2D eigenvalue weighted by atomic mass is 19.3. The van der Waals surface area contributed by atoms with E-state index < -0.39 is 24.4 Å². The molecule has 1 aliphatic rings. The number of nitrogens with zero attached hydrogens (tertiary/aromatic N) is 4. The molecule has 4 aromatic rings. The lowest BCUT2D eigenvalue weighted by molar-refractivity contribution is -0.131. The van der Waals surface area contributed by atoms with Gasteiger partial charge in [-0.25, -0.2) is 13.8 Å². The molecule has 5 rings (SSSR count). The molecule has 1 atom stereocenters. The normalized spacial score (nSPS) is 18.6. The van der Waals surface area contributed by atoms with E-state index in [0.717, 1.165) is 5.39 Å². The van der Waals surface area contributed by atoms with Crippen LogP contribution >= 0.6 is 0 Å². The highest BCUT2D eigenvalue weighted by Crippen LogP contribution is 2.32. The number of nitrogens with one attached hydrogen (secondary N) is 1. The van der Waals surface area contributed by atoms with Crippen molar-refractivity contribution >= 4 is 27.7 Å². The molecular weight excluding hydrogens is 392 g/mol. The summed E-state index contributed by atoms with van der Waals surface area (Å²) in [6.07, 6.45) is 0.978. The van der Waals surface area contributed by atoms with Gasteiger partial charge < -0.3 is 9.64 Å². The number of carbonyl (C=O) groups excluding carboxylic acids is 1. The smallest absolute Gasteiger partial charge is 0.287 e. The van der Waals surface area contributed by atoms with E-state index in [0.29, 0.717) is 16.4 Å². The van der Waals surface area contributed by atoms with Gasteiger partial charge in [0.1, 0.15) is 5.69 Å². The number of aromatic nitrogens is 4. The Morgan fingerprint density at radius 2 is 2.07 bits per heavy atom. The molecule has 7 nitrogen and oxygen atoms in total. The van der Waals surface area contributed by atoms with E-state index in [-0.39, 0.29) is 24.7 Å². The predicted molar refractivity (Wildman–Crippen MR) is 106 cm³/mol. The number of alkyl halides is 2. The van der Waals surface area contributed by atoms with Gasteiger partial charge >= 0.3 is 0 Å². The number of benzene rings is 1. The molecule has 9 heteroatoms. The number of hydrogen-bond donors (Lipinski definition) is 1. The van der Waals surface area contributed by atoms with Crippen LogP contribution in [0.1, 0.15) is 16.9 Å². The zero-order valence-electron chi connectivity index (χ0n) is 15.8. The van der Waals surface area contributed by atoms with Crippen molar-refractivity contribution in [2.24, 2.45) is 0 Å². The number of aromatic amines is 1. The lowest BCUT2D eigenvalue weighted by Crippen LogP contribution is -2.55. The summed E-state index contributed by atoms with van der Waals surface area (Å²) in [5.74, 6) is -3.42. The molecule has 0 radical (unpaired) electrons. The molecule has 1 aliphatic heterocycles. The van der Waals surface area contributed by atoms with Crippen molar-refractivity contribution in [2.45, 2.75) is 18.4 Å². The van der Waals surface area contributed by atoms with E-state index in [2.05, 4.69) is 20.2 Å².